The number of nitrogens with one attached hydrogen (secondary N) is 1. The van der Waals surface area contributed by atoms with Crippen molar-refractivity contribution in [2.24, 2.45) is 5.92 Å². The van der Waals surface area contributed by atoms with Crippen molar-refractivity contribution in [2.75, 3.05) is 13.2 Å². The Bertz CT molecular complexity index is 900. The topological polar surface area (TPSA) is 92.4 Å². The number of rotatable bonds is 3. The number of hydrogen-bond donors (Lipinski definition) is 2. The van der Waals surface area contributed by atoms with E-state index in [0.717, 1.165) is 23.1 Å². The van der Waals surface area contributed by atoms with Crippen LogP contribution in [-0.4, -0.2) is 43.7 Å². The summed E-state index contributed by atoms with van der Waals surface area (Å²) in [7, 11) is 0. The Morgan fingerprint density at radius 2 is 2.43 bits per heavy atom. The third-order valence-corrected chi connectivity index (χ3v) is 5.43. The molecule has 0 bridgehead atoms. The number of carbonyl (C=O) groups excluding carboxylic acids is 1. The van der Waals surface area contributed by atoms with Crippen LogP contribution in [0.25, 0.3) is 15.9 Å². The Hall–Kier alpha value is -2.06. The molecule has 3 aromatic heterocycles. The summed E-state index contributed by atoms with van der Waals surface area (Å²) >= 11 is 1.72. The lowest BCUT2D eigenvalue weighted by atomic mass is 9.89. The number of carbonyl (C=O) groups is 1. The fraction of sp³-hybridized carbons (Fsp3) is 0.467. The maximum Gasteiger partial charge on any atom is 0.291 e. The molecule has 0 unspecified atom stereocenters. The highest BCUT2D eigenvalue weighted by Crippen LogP contribution is 2.38. The van der Waals surface area contributed by atoms with Crippen molar-refractivity contribution in [2.45, 2.75) is 26.2 Å². The molecule has 0 aromatic carbocycles. The number of aliphatic hydroxyl groups excluding tert-OH is 1. The van der Waals surface area contributed by atoms with Gasteiger partial charge in [0.1, 0.15) is 11.2 Å². The van der Waals surface area contributed by atoms with Crippen LogP contribution in [0.5, 0.6) is 0 Å². The van der Waals surface area contributed by atoms with Crippen LogP contribution in [0.1, 0.15) is 34.4 Å². The molecular weight excluding hydrogens is 314 g/mol. The number of amides is 1. The van der Waals surface area contributed by atoms with Gasteiger partial charge in [-0.25, -0.2) is 14.5 Å². The maximum absolute atomic E-state index is 12.0. The third kappa shape index (κ3) is 2.38. The van der Waals surface area contributed by atoms with Gasteiger partial charge in [0.15, 0.2) is 5.65 Å². The van der Waals surface area contributed by atoms with Gasteiger partial charge < -0.3 is 10.4 Å². The molecule has 1 aliphatic carbocycles. The predicted octanol–water partition coefficient (Wildman–Crippen LogP) is 1.19. The minimum atomic E-state index is -0.381. The number of aliphatic hydroxyl groups is 1. The normalized spacial score (nSPS) is 17.6. The summed E-state index contributed by atoms with van der Waals surface area (Å²) in [6.07, 6.45) is 4.92. The van der Waals surface area contributed by atoms with Gasteiger partial charge in [-0.3, -0.25) is 4.79 Å². The molecule has 0 saturated heterocycles. The number of thiophene rings is 1. The zero-order chi connectivity index (χ0) is 16.0. The first kappa shape index (κ1) is 14.5. The Kier molecular flexibility index (Phi) is 3.50. The Morgan fingerprint density at radius 1 is 1.57 bits per heavy atom. The van der Waals surface area contributed by atoms with Gasteiger partial charge in [0.05, 0.1) is 12.0 Å². The zero-order valence-corrected chi connectivity index (χ0v) is 13.6. The summed E-state index contributed by atoms with van der Waals surface area (Å²) in [6.45, 7) is 2.34. The molecule has 0 fully saturated rings. The van der Waals surface area contributed by atoms with Crippen LogP contribution in [0, 0.1) is 5.92 Å². The van der Waals surface area contributed by atoms with Crippen LogP contribution in [-0.2, 0) is 12.8 Å². The van der Waals surface area contributed by atoms with Crippen LogP contribution < -0.4 is 5.32 Å². The highest BCUT2D eigenvalue weighted by molar-refractivity contribution is 7.19. The van der Waals surface area contributed by atoms with Crippen LogP contribution in [0.3, 0.4) is 0 Å². The molecule has 0 aliphatic heterocycles. The minimum absolute atomic E-state index is 0.108. The Balaban J connectivity index is 1.86. The molecule has 7 nitrogen and oxygen atoms in total. The van der Waals surface area contributed by atoms with E-state index in [1.54, 1.807) is 22.2 Å². The highest BCUT2D eigenvalue weighted by atomic mass is 32.1. The van der Waals surface area contributed by atoms with E-state index in [1.807, 2.05) is 0 Å². The van der Waals surface area contributed by atoms with Crippen LogP contribution in [0.4, 0.5) is 0 Å². The fourth-order valence-electron chi connectivity index (χ4n) is 3.09. The predicted molar refractivity (Wildman–Crippen MR) is 86.8 cm³/mol. The van der Waals surface area contributed by atoms with Crippen molar-refractivity contribution in [3.8, 4) is 0 Å². The SMILES string of the molecule is C[C@H]1CCc2sc3ncn4nc(C(=O)NCCO)nc4c3c2C1. The monoisotopic (exact) mass is 331 g/mol. The number of aromatic nitrogens is 4. The van der Waals surface area contributed by atoms with E-state index in [0.29, 0.717) is 11.6 Å². The molecule has 0 spiro atoms. The van der Waals surface area contributed by atoms with Gasteiger partial charge in [0.25, 0.3) is 5.91 Å². The molecule has 23 heavy (non-hydrogen) atoms. The molecule has 120 valence electrons. The lowest BCUT2D eigenvalue weighted by Crippen LogP contribution is -2.27. The first-order valence-electron chi connectivity index (χ1n) is 7.72. The summed E-state index contributed by atoms with van der Waals surface area (Å²) in [5, 5.41) is 16.6. The second-order valence-electron chi connectivity index (χ2n) is 5.96. The quantitative estimate of drug-likeness (QED) is 0.752. The summed E-state index contributed by atoms with van der Waals surface area (Å²) in [5.74, 6) is 0.376. The van der Waals surface area contributed by atoms with E-state index < -0.39 is 0 Å². The van der Waals surface area contributed by atoms with Crippen molar-refractivity contribution in [3.05, 3.63) is 22.6 Å². The Labute approximate surface area is 136 Å². The summed E-state index contributed by atoms with van der Waals surface area (Å²) < 4.78 is 1.57. The molecule has 3 heterocycles. The maximum atomic E-state index is 12.0. The second kappa shape index (κ2) is 5.54. The van der Waals surface area contributed by atoms with Gasteiger partial charge in [0.2, 0.25) is 5.82 Å². The second-order valence-corrected chi connectivity index (χ2v) is 7.04. The first-order chi connectivity index (χ1) is 11.2. The lowest BCUT2D eigenvalue weighted by Gasteiger charge is -2.17. The number of nitrogens with zero attached hydrogens (tertiary/aromatic N) is 4. The van der Waals surface area contributed by atoms with Crippen molar-refractivity contribution in [3.63, 3.8) is 0 Å². The molecule has 3 aromatic rings. The fourth-order valence-corrected chi connectivity index (χ4v) is 4.27. The van der Waals surface area contributed by atoms with Crippen molar-refractivity contribution in [1.82, 2.24) is 24.9 Å². The average Bonchev–Trinajstić information content (AvgIpc) is 3.12. The van der Waals surface area contributed by atoms with Crippen LogP contribution in [0.2, 0.25) is 0 Å². The summed E-state index contributed by atoms with van der Waals surface area (Å²) in [5.41, 5.74) is 2.01. The number of hydrogen-bond acceptors (Lipinski definition) is 6. The van der Waals surface area contributed by atoms with Gasteiger partial charge >= 0.3 is 0 Å². The zero-order valence-electron chi connectivity index (χ0n) is 12.7. The largest absolute Gasteiger partial charge is 0.395 e. The van der Waals surface area contributed by atoms with Gasteiger partial charge in [-0.1, -0.05) is 6.92 Å². The molecule has 0 radical (unpaired) electrons. The van der Waals surface area contributed by atoms with Crippen molar-refractivity contribution in [1.29, 1.82) is 0 Å². The highest BCUT2D eigenvalue weighted by Gasteiger charge is 2.24. The molecule has 1 atom stereocenters. The van der Waals surface area contributed by atoms with E-state index >= 15 is 0 Å². The van der Waals surface area contributed by atoms with E-state index in [1.165, 1.54) is 16.9 Å². The lowest BCUT2D eigenvalue weighted by molar-refractivity contribution is 0.0934. The Morgan fingerprint density at radius 3 is 3.26 bits per heavy atom. The molecule has 8 heteroatoms. The van der Waals surface area contributed by atoms with Gasteiger partial charge in [0, 0.05) is 11.4 Å². The number of aryl methyl sites for hydroxylation is 1. The standard InChI is InChI=1S/C15H17N5O2S/c1-8-2-3-10-9(6-8)11-13-18-12(14(22)16-4-5-21)19-20(13)7-17-15(11)23-10/h7-8,21H,2-6H2,1H3,(H,16,22)/t8-/m0/s1. The summed E-state index contributed by atoms with van der Waals surface area (Å²) in [6, 6.07) is 0. The van der Waals surface area contributed by atoms with E-state index in [-0.39, 0.29) is 24.9 Å². The van der Waals surface area contributed by atoms with Crippen molar-refractivity contribution >= 4 is 33.1 Å². The molecule has 0 saturated carbocycles. The van der Waals surface area contributed by atoms with Crippen molar-refractivity contribution < 1.29 is 9.90 Å². The molecule has 4 rings (SSSR count). The van der Waals surface area contributed by atoms with E-state index in [2.05, 4.69) is 27.3 Å². The molecule has 2 N–H and O–H groups in total. The first-order valence-corrected chi connectivity index (χ1v) is 8.53. The molecular formula is C15H17N5O2S. The van der Waals surface area contributed by atoms with Crippen LogP contribution >= 0.6 is 11.3 Å². The van der Waals surface area contributed by atoms with E-state index in [9.17, 15) is 4.79 Å². The number of fused-ring (bicyclic) bond motifs is 5. The minimum Gasteiger partial charge on any atom is -0.395 e. The van der Waals surface area contributed by atoms with E-state index in [4.69, 9.17) is 5.11 Å². The average molecular weight is 331 g/mol. The smallest absolute Gasteiger partial charge is 0.291 e. The molecule has 1 amide bonds. The van der Waals surface area contributed by atoms with Gasteiger partial charge in [-0.2, -0.15) is 0 Å². The van der Waals surface area contributed by atoms with Crippen LogP contribution in [0.15, 0.2) is 6.33 Å². The van der Waals surface area contributed by atoms with Gasteiger partial charge in [-0.15, -0.1) is 16.4 Å². The van der Waals surface area contributed by atoms with Gasteiger partial charge in [-0.05, 0) is 30.7 Å². The molecule has 1 aliphatic rings. The summed E-state index contributed by atoms with van der Waals surface area (Å²) in [4.78, 5) is 23.3. The third-order valence-electron chi connectivity index (χ3n) is 4.23.